The van der Waals surface area contributed by atoms with E-state index in [4.69, 9.17) is 9.47 Å². The minimum atomic E-state index is -0.0510. The molecular weight excluding hydrogens is 274 g/mol. The van der Waals surface area contributed by atoms with Gasteiger partial charge in [-0.15, -0.1) is 0 Å². The molecule has 0 spiro atoms. The lowest BCUT2D eigenvalue weighted by Gasteiger charge is -2.32. The predicted octanol–water partition coefficient (Wildman–Crippen LogP) is -0.974. The molecule has 120 valence electrons. The lowest BCUT2D eigenvalue weighted by molar-refractivity contribution is -0.142. The summed E-state index contributed by atoms with van der Waals surface area (Å²) < 4.78 is 10.5. The van der Waals surface area contributed by atoms with Crippen LogP contribution in [0.4, 0.5) is 0 Å². The van der Waals surface area contributed by atoms with Crippen LogP contribution < -0.4 is 0 Å². The summed E-state index contributed by atoms with van der Waals surface area (Å²) in [6, 6.07) is 0. The zero-order valence-electron chi connectivity index (χ0n) is 12.8. The van der Waals surface area contributed by atoms with Gasteiger partial charge in [0, 0.05) is 46.2 Å². The number of hydrogen-bond donors (Lipinski definition) is 0. The number of ether oxygens (including phenoxy) is 2. The zero-order chi connectivity index (χ0) is 15.1. The summed E-state index contributed by atoms with van der Waals surface area (Å²) >= 11 is 0. The number of rotatable bonds is 5. The van der Waals surface area contributed by atoms with Crippen molar-refractivity contribution >= 4 is 11.8 Å². The van der Waals surface area contributed by atoms with Crippen LogP contribution in [0.15, 0.2) is 0 Å². The van der Waals surface area contributed by atoms with E-state index in [-0.39, 0.29) is 18.4 Å². The highest BCUT2D eigenvalue weighted by molar-refractivity contribution is 5.83. The normalized spacial score (nSPS) is 20.3. The molecule has 0 saturated carbocycles. The van der Waals surface area contributed by atoms with Crippen molar-refractivity contribution < 1.29 is 19.1 Å². The maximum absolute atomic E-state index is 12.2. The standard InChI is InChI=1S/C14H25N3O4/c1-13(18)17(3-2-15-4-8-20-9-5-15)12-14(19)16-6-10-21-11-7-16/h2-12H2,1H3. The van der Waals surface area contributed by atoms with Gasteiger partial charge < -0.3 is 19.3 Å². The Kier molecular flexibility index (Phi) is 6.41. The third kappa shape index (κ3) is 5.26. The number of carbonyl (C=O) groups excluding carboxylic acids is 2. The van der Waals surface area contributed by atoms with E-state index >= 15 is 0 Å². The third-order valence-corrected chi connectivity index (χ3v) is 3.93. The first kappa shape index (κ1) is 16.2. The van der Waals surface area contributed by atoms with Gasteiger partial charge in [0.15, 0.2) is 0 Å². The van der Waals surface area contributed by atoms with Gasteiger partial charge in [0.05, 0.1) is 33.0 Å². The highest BCUT2D eigenvalue weighted by Gasteiger charge is 2.21. The fourth-order valence-electron chi connectivity index (χ4n) is 2.51. The van der Waals surface area contributed by atoms with Crippen LogP contribution in [0.1, 0.15) is 6.92 Å². The van der Waals surface area contributed by atoms with Gasteiger partial charge in [-0.1, -0.05) is 0 Å². The van der Waals surface area contributed by atoms with Crippen LogP contribution in [-0.4, -0.2) is 98.8 Å². The zero-order valence-corrected chi connectivity index (χ0v) is 12.8. The van der Waals surface area contributed by atoms with E-state index in [1.165, 1.54) is 6.92 Å². The van der Waals surface area contributed by atoms with Gasteiger partial charge in [-0.2, -0.15) is 0 Å². The maximum Gasteiger partial charge on any atom is 0.242 e. The van der Waals surface area contributed by atoms with Gasteiger partial charge in [0.1, 0.15) is 0 Å². The molecule has 2 fully saturated rings. The van der Waals surface area contributed by atoms with Gasteiger partial charge >= 0.3 is 0 Å². The molecule has 0 bridgehead atoms. The molecule has 0 radical (unpaired) electrons. The van der Waals surface area contributed by atoms with Gasteiger partial charge in [-0.3, -0.25) is 14.5 Å². The second kappa shape index (κ2) is 8.31. The Morgan fingerprint density at radius 2 is 1.57 bits per heavy atom. The van der Waals surface area contributed by atoms with Crippen LogP contribution in [0.3, 0.4) is 0 Å². The smallest absolute Gasteiger partial charge is 0.242 e. The van der Waals surface area contributed by atoms with E-state index in [2.05, 4.69) is 4.90 Å². The number of carbonyl (C=O) groups is 2. The number of morpholine rings is 2. The third-order valence-electron chi connectivity index (χ3n) is 3.93. The molecule has 0 aliphatic carbocycles. The summed E-state index contributed by atoms with van der Waals surface area (Å²) in [5.41, 5.74) is 0. The summed E-state index contributed by atoms with van der Waals surface area (Å²) in [6.07, 6.45) is 0. The fraction of sp³-hybridized carbons (Fsp3) is 0.857. The fourth-order valence-corrected chi connectivity index (χ4v) is 2.51. The lowest BCUT2D eigenvalue weighted by Crippen LogP contribution is -2.48. The van der Waals surface area contributed by atoms with Crippen molar-refractivity contribution in [1.82, 2.24) is 14.7 Å². The summed E-state index contributed by atoms with van der Waals surface area (Å²) in [7, 11) is 0. The Bertz CT molecular complexity index is 352. The lowest BCUT2D eigenvalue weighted by atomic mass is 10.3. The first-order valence-electron chi connectivity index (χ1n) is 7.58. The Morgan fingerprint density at radius 3 is 2.14 bits per heavy atom. The molecule has 7 nitrogen and oxygen atoms in total. The first-order valence-corrected chi connectivity index (χ1v) is 7.58. The van der Waals surface area contributed by atoms with Crippen molar-refractivity contribution in [3.63, 3.8) is 0 Å². The van der Waals surface area contributed by atoms with Crippen LogP contribution in [0, 0.1) is 0 Å². The minimum absolute atomic E-state index is 0.00970. The van der Waals surface area contributed by atoms with Crippen molar-refractivity contribution in [2.24, 2.45) is 0 Å². The molecule has 2 aliphatic heterocycles. The SMILES string of the molecule is CC(=O)N(CCN1CCOCC1)CC(=O)N1CCOCC1. The van der Waals surface area contributed by atoms with Crippen molar-refractivity contribution in [1.29, 1.82) is 0 Å². The van der Waals surface area contributed by atoms with Crippen molar-refractivity contribution in [2.45, 2.75) is 6.92 Å². The largest absolute Gasteiger partial charge is 0.379 e. The van der Waals surface area contributed by atoms with E-state index in [1.54, 1.807) is 9.80 Å². The summed E-state index contributed by atoms with van der Waals surface area (Å²) in [5.74, 6) is -0.0413. The Labute approximate surface area is 125 Å². The quantitative estimate of drug-likeness (QED) is 0.653. The Balaban J connectivity index is 1.77. The van der Waals surface area contributed by atoms with E-state index < -0.39 is 0 Å². The highest BCUT2D eigenvalue weighted by Crippen LogP contribution is 2.02. The summed E-state index contributed by atoms with van der Waals surface area (Å²) in [6.45, 7) is 8.74. The van der Waals surface area contributed by atoms with E-state index in [9.17, 15) is 9.59 Å². The van der Waals surface area contributed by atoms with Crippen LogP contribution in [0.2, 0.25) is 0 Å². The van der Waals surface area contributed by atoms with Gasteiger partial charge in [-0.25, -0.2) is 0 Å². The molecule has 0 aromatic carbocycles. The Hall–Kier alpha value is -1.18. The molecule has 2 heterocycles. The van der Waals surface area contributed by atoms with Crippen molar-refractivity contribution in [3.05, 3.63) is 0 Å². The molecule has 2 aliphatic rings. The molecule has 0 unspecified atom stereocenters. The highest BCUT2D eigenvalue weighted by atomic mass is 16.5. The molecule has 2 rings (SSSR count). The van der Waals surface area contributed by atoms with E-state index in [0.29, 0.717) is 32.8 Å². The molecule has 0 aromatic heterocycles. The minimum Gasteiger partial charge on any atom is -0.379 e. The average molecular weight is 299 g/mol. The molecule has 21 heavy (non-hydrogen) atoms. The van der Waals surface area contributed by atoms with Gasteiger partial charge in [-0.05, 0) is 0 Å². The molecule has 2 saturated heterocycles. The molecular formula is C14H25N3O4. The number of hydrogen-bond acceptors (Lipinski definition) is 5. The second-order valence-corrected chi connectivity index (χ2v) is 5.39. The summed E-state index contributed by atoms with van der Waals surface area (Å²) in [5, 5.41) is 0. The van der Waals surface area contributed by atoms with Crippen molar-refractivity contribution in [2.75, 3.05) is 72.2 Å². The van der Waals surface area contributed by atoms with Crippen LogP contribution in [0.25, 0.3) is 0 Å². The second-order valence-electron chi connectivity index (χ2n) is 5.39. The van der Waals surface area contributed by atoms with Gasteiger partial charge in [0.25, 0.3) is 0 Å². The van der Waals surface area contributed by atoms with Gasteiger partial charge in [0.2, 0.25) is 11.8 Å². The topological polar surface area (TPSA) is 62.3 Å². The van der Waals surface area contributed by atoms with Crippen LogP contribution in [0.5, 0.6) is 0 Å². The maximum atomic E-state index is 12.2. The molecule has 0 atom stereocenters. The monoisotopic (exact) mass is 299 g/mol. The van der Waals surface area contributed by atoms with E-state index in [0.717, 1.165) is 32.8 Å². The van der Waals surface area contributed by atoms with Crippen molar-refractivity contribution in [3.8, 4) is 0 Å². The molecule has 2 amide bonds. The number of amides is 2. The molecule has 0 N–H and O–H groups in total. The Morgan fingerprint density at radius 1 is 1.00 bits per heavy atom. The molecule has 7 heteroatoms. The van der Waals surface area contributed by atoms with E-state index in [1.807, 2.05) is 0 Å². The average Bonchev–Trinajstić information content (AvgIpc) is 2.52. The van der Waals surface area contributed by atoms with Crippen LogP contribution >= 0.6 is 0 Å². The number of nitrogens with zero attached hydrogens (tertiary/aromatic N) is 3. The summed E-state index contributed by atoms with van der Waals surface area (Å²) in [4.78, 5) is 29.6. The first-order chi connectivity index (χ1) is 10.2. The molecule has 0 aromatic rings. The predicted molar refractivity (Wildman–Crippen MR) is 76.9 cm³/mol. The van der Waals surface area contributed by atoms with Crippen LogP contribution in [-0.2, 0) is 19.1 Å².